The quantitative estimate of drug-likeness (QED) is 0.389. The predicted molar refractivity (Wildman–Crippen MR) is 147 cm³/mol. The molecule has 1 heterocycles. The molecule has 0 aliphatic carbocycles. The maximum absolute atomic E-state index is 13.2. The molecule has 0 radical (unpaired) electrons. The molecule has 1 aromatic heterocycles. The third-order valence-electron chi connectivity index (χ3n) is 6.07. The number of nitrogens with one attached hydrogen (secondary N) is 2. The molecule has 0 bridgehead atoms. The van der Waals surface area contributed by atoms with E-state index in [-0.39, 0.29) is 23.9 Å². The van der Waals surface area contributed by atoms with E-state index in [1.165, 1.54) is 0 Å². The fourth-order valence-electron chi connectivity index (χ4n) is 3.75. The topological polar surface area (TPSA) is 79.3 Å². The van der Waals surface area contributed by atoms with Gasteiger partial charge >= 0.3 is 6.03 Å². The summed E-state index contributed by atoms with van der Waals surface area (Å²) in [4.78, 5) is 28.0. The van der Waals surface area contributed by atoms with Gasteiger partial charge in [-0.05, 0) is 49.4 Å². The van der Waals surface area contributed by atoms with Gasteiger partial charge in [-0.2, -0.15) is 5.10 Å². The van der Waals surface area contributed by atoms with Gasteiger partial charge in [-0.25, -0.2) is 9.48 Å². The molecule has 7 heteroatoms. The molecule has 3 aromatic rings. The van der Waals surface area contributed by atoms with Crippen LogP contribution >= 0.6 is 0 Å². The van der Waals surface area contributed by atoms with E-state index in [1.54, 1.807) is 9.58 Å². The Morgan fingerprint density at radius 2 is 1.61 bits per heavy atom. The van der Waals surface area contributed by atoms with Crippen LogP contribution in [0.4, 0.5) is 16.3 Å². The van der Waals surface area contributed by atoms with E-state index in [0.717, 1.165) is 34.6 Å². The Labute approximate surface area is 214 Å². The van der Waals surface area contributed by atoms with E-state index in [0.29, 0.717) is 18.3 Å². The summed E-state index contributed by atoms with van der Waals surface area (Å²) in [5.41, 5.74) is 4.34. The van der Waals surface area contributed by atoms with Gasteiger partial charge in [-0.15, -0.1) is 0 Å². The lowest BCUT2D eigenvalue weighted by Gasteiger charge is -2.24. The Kier molecular flexibility index (Phi) is 8.56. The van der Waals surface area contributed by atoms with Crippen molar-refractivity contribution in [1.82, 2.24) is 14.7 Å². The fourth-order valence-corrected chi connectivity index (χ4v) is 3.75. The second-order valence-electron chi connectivity index (χ2n) is 10.8. The summed E-state index contributed by atoms with van der Waals surface area (Å²) in [5, 5.41) is 10.8. The molecule has 0 spiro atoms. The number of amides is 3. The number of anilines is 2. The van der Waals surface area contributed by atoms with Crippen LogP contribution in [-0.2, 0) is 10.2 Å². The molecule has 0 aliphatic rings. The Balaban J connectivity index is 1.84. The fraction of sp³-hybridized carbons (Fsp3) is 0.414. The number of carbonyl (C=O) groups is 2. The van der Waals surface area contributed by atoms with E-state index in [2.05, 4.69) is 45.3 Å². The molecule has 0 saturated heterocycles. The van der Waals surface area contributed by atoms with E-state index in [1.807, 2.05) is 68.4 Å². The van der Waals surface area contributed by atoms with Gasteiger partial charge in [-0.3, -0.25) is 4.79 Å². The summed E-state index contributed by atoms with van der Waals surface area (Å²) in [7, 11) is 0. The summed E-state index contributed by atoms with van der Waals surface area (Å²) in [6.07, 6.45) is 0.795. The van der Waals surface area contributed by atoms with Gasteiger partial charge < -0.3 is 15.5 Å². The number of aryl methyl sites for hydroxylation is 2. The highest BCUT2D eigenvalue weighted by Gasteiger charge is 2.24. The molecule has 192 valence electrons. The first-order chi connectivity index (χ1) is 17.0. The van der Waals surface area contributed by atoms with Crippen molar-refractivity contribution in [1.29, 1.82) is 0 Å². The number of urea groups is 1. The number of benzene rings is 2. The standard InChI is InChI=1S/C29H39N5O2/c1-20(2)16-17-33(28(36)30-23-14-10-8-12-21(23)3)19-27(35)31-26-18-25(29(5,6)7)32-34(26)24-15-11-9-13-22(24)4/h8-15,18,20H,16-17,19H2,1-7H3,(H,30,36)(H,31,35). The van der Waals surface area contributed by atoms with Crippen molar-refractivity contribution in [3.05, 3.63) is 71.4 Å². The molecule has 36 heavy (non-hydrogen) atoms. The minimum atomic E-state index is -0.289. The second kappa shape index (κ2) is 11.4. The molecule has 0 atom stereocenters. The van der Waals surface area contributed by atoms with Crippen LogP contribution in [0, 0.1) is 19.8 Å². The van der Waals surface area contributed by atoms with Crippen LogP contribution in [0.5, 0.6) is 0 Å². The average molecular weight is 490 g/mol. The van der Waals surface area contributed by atoms with E-state index in [9.17, 15) is 9.59 Å². The van der Waals surface area contributed by atoms with Crippen LogP contribution in [0.2, 0.25) is 0 Å². The zero-order valence-electron chi connectivity index (χ0n) is 22.6. The predicted octanol–water partition coefficient (Wildman–Crippen LogP) is 6.31. The third-order valence-corrected chi connectivity index (χ3v) is 6.07. The number of hydrogen-bond acceptors (Lipinski definition) is 3. The summed E-state index contributed by atoms with van der Waals surface area (Å²) in [5.74, 6) is 0.717. The maximum Gasteiger partial charge on any atom is 0.322 e. The van der Waals surface area contributed by atoms with Crippen LogP contribution in [0.15, 0.2) is 54.6 Å². The minimum absolute atomic E-state index is 0.0613. The highest BCUT2D eigenvalue weighted by atomic mass is 16.2. The Hall–Kier alpha value is -3.61. The highest BCUT2D eigenvalue weighted by molar-refractivity contribution is 5.97. The molecule has 3 rings (SSSR count). The van der Waals surface area contributed by atoms with Crippen LogP contribution in [0.25, 0.3) is 5.69 Å². The molecule has 2 aromatic carbocycles. The first-order valence-electron chi connectivity index (χ1n) is 12.5. The molecule has 2 N–H and O–H groups in total. The van der Waals surface area contributed by atoms with Crippen molar-refractivity contribution >= 4 is 23.4 Å². The van der Waals surface area contributed by atoms with E-state index >= 15 is 0 Å². The van der Waals surface area contributed by atoms with Crippen molar-refractivity contribution in [2.75, 3.05) is 23.7 Å². The number of rotatable bonds is 8. The van der Waals surface area contributed by atoms with E-state index in [4.69, 9.17) is 5.10 Å². The molecule has 0 unspecified atom stereocenters. The number of hydrogen-bond donors (Lipinski definition) is 2. The van der Waals surface area contributed by atoms with Crippen LogP contribution in [0.1, 0.15) is 57.9 Å². The van der Waals surface area contributed by atoms with Crippen molar-refractivity contribution in [2.24, 2.45) is 5.92 Å². The average Bonchev–Trinajstić information content (AvgIpc) is 3.22. The molecular weight excluding hydrogens is 450 g/mol. The van der Waals surface area contributed by atoms with Crippen LogP contribution in [-0.4, -0.2) is 39.7 Å². The second-order valence-corrected chi connectivity index (χ2v) is 10.8. The maximum atomic E-state index is 13.2. The first kappa shape index (κ1) is 27.0. The number of aromatic nitrogens is 2. The number of carbonyl (C=O) groups excluding carboxylic acids is 2. The lowest BCUT2D eigenvalue weighted by molar-refractivity contribution is -0.116. The smallest absolute Gasteiger partial charge is 0.315 e. The van der Waals surface area contributed by atoms with Gasteiger partial charge in [0.15, 0.2) is 0 Å². The lowest BCUT2D eigenvalue weighted by atomic mass is 9.92. The molecular formula is C29H39N5O2. The lowest BCUT2D eigenvalue weighted by Crippen LogP contribution is -2.41. The van der Waals surface area contributed by atoms with Gasteiger partial charge in [0.25, 0.3) is 0 Å². The Morgan fingerprint density at radius 1 is 0.972 bits per heavy atom. The Morgan fingerprint density at radius 3 is 2.22 bits per heavy atom. The molecule has 3 amide bonds. The normalized spacial score (nSPS) is 11.4. The third kappa shape index (κ3) is 6.97. The number of nitrogens with zero attached hydrogens (tertiary/aromatic N) is 3. The first-order valence-corrected chi connectivity index (χ1v) is 12.5. The minimum Gasteiger partial charge on any atom is -0.315 e. The molecule has 7 nitrogen and oxygen atoms in total. The zero-order valence-corrected chi connectivity index (χ0v) is 22.6. The zero-order chi connectivity index (χ0) is 26.5. The molecule has 0 saturated carbocycles. The SMILES string of the molecule is Cc1ccccc1NC(=O)N(CCC(C)C)CC(=O)Nc1cc(C(C)(C)C)nn1-c1ccccc1C. The van der Waals surface area contributed by atoms with Crippen LogP contribution < -0.4 is 10.6 Å². The largest absolute Gasteiger partial charge is 0.322 e. The van der Waals surface area contributed by atoms with Crippen molar-refractivity contribution in [3.63, 3.8) is 0 Å². The van der Waals surface area contributed by atoms with Gasteiger partial charge in [-0.1, -0.05) is 71.0 Å². The van der Waals surface area contributed by atoms with Crippen molar-refractivity contribution < 1.29 is 9.59 Å². The van der Waals surface area contributed by atoms with Gasteiger partial charge in [0.05, 0.1) is 11.4 Å². The van der Waals surface area contributed by atoms with Gasteiger partial charge in [0, 0.05) is 23.7 Å². The molecule has 0 aliphatic heterocycles. The van der Waals surface area contributed by atoms with Gasteiger partial charge in [0.2, 0.25) is 5.91 Å². The van der Waals surface area contributed by atoms with E-state index < -0.39 is 0 Å². The summed E-state index contributed by atoms with van der Waals surface area (Å²) in [6, 6.07) is 17.2. The van der Waals surface area contributed by atoms with Crippen LogP contribution in [0.3, 0.4) is 0 Å². The van der Waals surface area contributed by atoms with Crippen molar-refractivity contribution in [2.45, 2.75) is 60.3 Å². The summed E-state index contributed by atoms with van der Waals surface area (Å²) < 4.78 is 1.78. The highest BCUT2D eigenvalue weighted by Crippen LogP contribution is 2.27. The number of para-hydroxylation sites is 2. The summed E-state index contributed by atoms with van der Waals surface area (Å²) >= 11 is 0. The monoisotopic (exact) mass is 489 g/mol. The Bertz CT molecular complexity index is 1210. The molecule has 0 fully saturated rings. The summed E-state index contributed by atoms with van der Waals surface area (Å²) in [6.45, 7) is 14.9. The van der Waals surface area contributed by atoms with Crippen molar-refractivity contribution in [3.8, 4) is 5.69 Å². The van der Waals surface area contributed by atoms with Gasteiger partial charge in [0.1, 0.15) is 12.4 Å².